The van der Waals surface area contributed by atoms with Gasteiger partial charge in [-0.15, -0.1) is 0 Å². The molecule has 1 amide bonds. The van der Waals surface area contributed by atoms with Crippen molar-refractivity contribution in [1.29, 1.82) is 0 Å². The number of nitrogens with zero attached hydrogens (tertiary/aromatic N) is 4. The van der Waals surface area contributed by atoms with Gasteiger partial charge < -0.3 is 14.5 Å². The van der Waals surface area contributed by atoms with Crippen LogP contribution in [0.5, 0.6) is 0 Å². The largest absolute Gasteiger partial charge is 0.444 e. The van der Waals surface area contributed by atoms with Gasteiger partial charge in [0, 0.05) is 45.5 Å². The van der Waals surface area contributed by atoms with Gasteiger partial charge in [0.15, 0.2) is 0 Å². The van der Waals surface area contributed by atoms with Gasteiger partial charge in [0.1, 0.15) is 10.9 Å². The van der Waals surface area contributed by atoms with Gasteiger partial charge >= 0.3 is 12.3 Å². The maximum atomic E-state index is 12.9. The van der Waals surface area contributed by atoms with E-state index in [-0.39, 0.29) is 39.3 Å². The van der Waals surface area contributed by atoms with E-state index in [4.69, 9.17) is 4.74 Å². The molecule has 0 atom stereocenters. The van der Waals surface area contributed by atoms with Crippen LogP contribution in [0.15, 0.2) is 18.5 Å². The monoisotopic (exact) mass is 450 g/mol. The minimum Gasteiger partial charge on any atom is -0.444 e. The number of pyridine rings is 1. The number of rotatable bonds is 3. The average molecular weight is 450 g/mol. The van der Waals surface area contributed by atoms with Crippen molar-refractivity contribution in [2.75, 3.05) is 44.2 Å². The summed E-state index contributed by atoms with van der Waals surface area (Å²) >= 11 is 0. The van der Waals surface area contributed by atoms with Gasteiger partial charge in [-0.25, -0.2) is 13.2 Å². The van der Waals surface area contributed by atoms with Crippen molar-refractivity contribution in [3.8, 4) is 0 Å². The van der Waals surface area contributed by atoms with Gasteiger partial charge in [0.2, 0.25) is 10.0 Å². The predicted octanol–water partition coefficient (Wildman–Crippen LogP) is 2.17. The number of piperazine rings is 1. The standard InChI is InChI=1S/C18H25F3N4O4S/c1-17(2,3)29-16(26)24-11-15(12-24)30(27,28)25-6-4-23(5-7-25)14-8-13(9-22-10-14)18(19,20)21/h8-10,15H,4-7,11-12H2,1-3H3. The summed E-state index contributed by atoms with van der Waals surface area (Å²) in [6.45, 7) is 6.15. The molecular formula is C18H25F3N4O4S. The zero-order chi connectivity index (χ0) is 22.3. The SMILES string of the molecule is CC(C)(C)OC(=O)N1CC(S(=O)(=O)N2CCN(c3cncc(C(F)(F)F)c3)CC2)C1. The summed E-state index contributed by atoms with van der Waals surface area (Å²) in [6.07, 6.45) is -2.93. The van der Waals surface area contributed by atoms with Gasteiger partial charge in [0.05, 0.1) is 17.4 Å². The van der Waals surface area contributed by atoms with Crippen molar-refractivity contribution in [1.82, 2.24) is 14.2 Å². The molecule has 0 aromatic carbocycles. The number of aromatic nitrogens is 1. The first-order valence-corrected chi connectivity index (χ1v) is 11.0. The molecular weight excluding hydrogens is 425 g/mol. The molecule has 2 aliphatic heterocycles. The number of anilines is 1. The maximum absolute atomic E-state index is 12.9. The Morgan fingerprint density at radius 2 is 1.70 bits per heavy atom. The number of hydrogen-bond acceptors (Lipinski definition) is 6. The zero-order valence-corrected chi connectivity index (χ0v) is 17.8. The molecule has 168 valence electrons. The van der Waals surface area contributed by atoms with E-state index in [0.29, 0.717) is 5.69 Å². The van der Waals surface area contributed by atoms with E-state index >= 15 is 0 Å². The summed E-state index contributed by atoms with van der Waals surface area (Å²) in [7, 11) is -3.61. The molecule has 12 heteroatoms. The fraction of sp³-hybridized carbons (Fsp3) is 0.667. The molecule has 3 rings (SSSR count). The Hall–Kier alpha value is -2.08. The van der Waals surface area contributed by atoms with Crippen LogP contribution in [0.3, 0.4) is 0 Å². The predicted molar refractivity (Wildman–Crippen MR) is 104 cm³/mol. The number of amides is 1. The lowest BCUT2D eigenvalue weighted by Crippen LogP contribution is -2.62. The second-order valence-corrected chi connectivity index (χ2v) is 10.6. The van der Waals surface area contributed by atoms with Crippen LogP contribution in [-0.4, -0.2) is 78.8 Å². The molecule has 1 aromatic rings. The summed E-state index contributed by atoms with van der Waals surface area (Å²) in [5.74, 6) is 0. The first kappa shape index (κ1) is 22.6. The highest BCUT2D eigenvalue weighted by Gasteiger charge is 2.44. The minimum atomic E-state index is -4.49. The van der Waals surface area contributed by atoms with Gasteiger partial charge in [-0.05, 0) is 26.8 Å². The minimum absolute atomic E-state index is 0.0645. The Morgan fingerprint density at radius 3 is 2.23 bits per heavy atom. The van der Waals surface area contributed by atoms with Crippen molar-refractivity contribution in [2.24, 2.45) is 0 Å². The number of alkyl halides is 3. The lowest BCUT2D eigenvalue weighted by Gasteiger charge is -2.43. The van der Waals surface area contributed by atoms with Gasteiger partial charge in [-0.2, -0.15) is 17.5 Å². The molecule has 0 bridgehead atoms. The number of carbonyl (C=O) groups excluding carboxylic acids is 1. The van der Waals surface area contributed by atoms with Crippen LogP contribution in [0, 0.1) is 0 Å². The van der Waals surface area contributed by atoms with Crippen LogP contribution >= 0.6 is 0 Å². The second-order valence-electron chi connectivity index (χ2n) is 8.37. The van der Waals surface area contributed by atoms with Gasteiger partial charge in [-0.1, -0.05) is 0 Å². The van der Waals surface area contributed by atoms with Crippen LogP contribution in [0.25, 0.3) is 0 Å². The highest BCUT2D eigenvalue weighted by molar-refractivity contribution is 7.89. The van der Waals surface area contributed by atoms with Crippen molar-refractivity contribution >= 4 is 21.8 Å². The Kier molecular flexibility index (Phi) is 5.93. The highest BCUT2D eigenvalue weighted by Crippen LogP contribution is 2.31. The lowest BCUT2D eigenvalue weighted by molar-refractivity contribution is -0.137. The quantitative estimate of drug-likeness (QED) is 0.702. The van der Waals surface area contributed by atoms with E-state index in [9.17, 15) is 26.4 Å². The van der Waals surface area contributed by atoms with E-state index in [1.54, 1.807) is 25.7 Å². The lowest BCUT2D eigenvalue weighted by atomic mass is 10.2. The second kappa shape index (κ2) is 7.88. The number of likely N-dealkylation sites (tertiary alicyclic amines) is 1. The number of carbonyl (C=O) groups is 1. The average Bonchev–Trinajstić information content (AvgIpc) is 2.58. The van der Waals surface area contributed by atoms with Crippen LogP contribution in [0.4, 0.5) is 23.7 Å². The molecule has 0 spiro atoms. The number of ether oxygens (including phenoxy) is 1. The third kappa shape index (κ3) is 4.97. The van der Waals surface area contributed by atoms with Crippen molar-refractivity contribution in [3.05, 3.63) is 24.0 Å². The normalized spacial score (nSPS) is 19.5. The Balaban J connectivity index is 1.56. The van der Waals surface area contributed by atoms with Crippen molar-refractivity contribution < 1.29 is 31.1 Å². The molecule has 0 aliphatic carbocycles. The number of halogens is 3. The van der Waals surface area contributed by atoms with Gasteiger partial charge in [-0.3, -0.25) is 4.98 Å². The number of hydrogen-bond donors (Lipinski definition) is 0. The summed E-state index contributed by atoms with van der Waals surface area (Å²) in [5.41, 5.74) is -1.19. The molecule has 0 unspecified atom stereocenters. The Morgan fingerprint density at radius 1 is 1.10 bits per heavy atom. The molecule has 0 saturated carbocycles. The summed E-state index contributed by atoms with van der Waals surface area (Å²) in [4.78, 5) is 18.7. The zero-order valence-electron chi connectivity index (χ0n) is 17.0. The summed E-state index contributed by atoms with van der Waals surface area (Å²) in [5, 5.41) is -0.702. The first-order valence-electron chi connectivity index (χ1n) is 9.51. The van der Waals surface area contributed by atoms with Crippen molar-refractivity contribution in [3.63, 3.8) is 0 Å². The third-order valence-corrected chi connectivity index (χ3v) is 7.16. The van der Waals surface area contributed by atoms with E-state index < -0.39 is 38.7 Å². The first-order chi connectivity index (χ1) is 13.8. The molecule has 0 N–H and O–H groups in total. The fourth-order valence-electron chi connectivity index (χ4n) is 3.27. The number of sulfonamides is 1. The molecule has 2 saturated heterocycles. The molecule has 1 aromatic heterocycles. The van der Waals surface area contributed by atoms with E-state index in [1.807, 2.05) is 0 Å². The van der Waals surface area contributed by atoms with Crippen LogP contribution < -0.4 is 4.90 Å². The van der Waals surface area contributed by atoms with Crippen LogP contribution in [0.2, 0.25) is 0 Å². The van der Waals surface area contributed by atoms with E-state index in [1.165, 1.54) is 15.4 Å². The molecule has 30 heavy (non-hydrogen) atoms. The Bertz CT molecular complexity index is 887. The highest BCUT2D eigenvalue weighted by atomic mass is 32.2. The van der Waals surface area contributed by atoms with Crippen LogP contribution in [0.1, 0.15) is 26.3 Å². The van der Waals surface area contributed by atoms with E-state index in [0.717, 1.165) is 12.3 Å². The van der Waals surface area contributed by atoms with Crippen LogP contribution in [-0.2, 0) is 20.9 Å². The van der Waals surface area contributed by atoms with Gasteiger partial charge in [0.25, 0.3) is 0 Å². The molecule has 2 aliphatic rings. The summed E-state index contributed by atoms with van der Waals surface area (Å²) in [6, 6.07) is 1.02. The molecule has 2 fully saturated rings. The fourth-order valence-corrected chi connectivity index (χ4v) is 5.10. The smallest absolute Gasteiger partial charge is 0.417 e. The molecule has 8 nitrogen and oxygen atoms in total. The molecule has 0 radical (unpaired) electrons. The Labute approximate surface area is 173 Å². The topological polar surface area (TPSA) is 83.0 Å². The summed E-state index contributed by atoms with van der Waals surface area (Å²) < 4.78 is 70.9. The van der Waals surface area contributed by atoms with E-state index in [2.05, 4.69) is 4.98 Å². The third-order valence-electron chi connectivity index (χ3n) is 4.94. The maximum Gasteiger partial charge on any atom is 0.417 e. The molecule has 3 heterocycles. The van der Waals surface area contributed by atoms with Crippen molar-refractivity contribution in [2.45, 2.75) is 37.8 Å².